The minimum absolute atomic E-state index is 0.0627. The highest BCUT2D eigenvalue weighted by Gasteiger charge is 2.37. The maximum Gasteiger partial charge on any atom is 0.124 e. The zero-order valence-corrected chi connectivity index (χ0v) is 12.8. The third-order valence-corrected chi connectivity index (χ3v) is 4.17. The van der Waals surface area contributed by atoms with E-state index in [0.717, 1.165) is 25.2 Å². The highest BCUT2D eigenvalue weighted by Crippen LogP contribution is 2.27. The SMILES string of the molecule is CC1(C)CN(Cc2ccc(F)cc2Cl)C(C)(C)CN1. The summed E-state index contributed by atoms with van der Waals surface area (Å²) >= 11 is 6.13. The van der Waals surface area contributed by atoms with Crippen LogP contribution < -0.4 is 5.32 Å². The fraction of sp³-hybridized carbons (Fsp3) is 0.600. The summed E-state index contributed by atoms with van der Waals surface area (Å²) in [5.74, 6) is -0.284. The summed E-state index contributed by atoms with van der Waals surface area (Å²) in [5, 5.41) is 4.06. The van der Waals surface area contributed by atoms with Gasteiger partial charge in [-0.3, -0.25) is 4.90 Å². The lowest BCUT2D eigenvalue weighted by Crippen LogP contribution is -2.65. The molecule has 0 atom stereocenters. The average molecular weight is 285 g/mol. The van der Waals surface area contributed by atoms with E-state index >= 15 is 0 Å². The molecule has 2 nitrogen and oxygen atoms in total. The Morgan fingerprint density at radius 3 is 2.63 bits per heavy atom. The Hall–Kier alpha value is -0.640. The van der Waals surface area contributed by atoms with E-state index < -0.39 is 0 Å². The van der Waals surface area contributed by atoms with Crippen molar-refractivity contribution in [1.29, 1.82) is 0 Å². The van der Waals surface area contributed by atoms with Gasteiger partial charge in [0.05, 0.1) is 0 Å². The molecule has 1 aromatic carbocycles. The van der Waals surface area contributed by atoms with E-state index in [2.05, 4.69) is 37.9 Å². The molecular formula is C15H22ClFN2. The quantitative estimate of drug-likeness (QED) is 0.895. The summed E-state index contributed by atoms with van der Waals surface area (Å²) in [6.45, 7) is 11.4. The molecule has 1 N–H and O–H groups in total. The van der Waals surface area contributed by atoms with Gasteiger partial charge < -0.3 is 5.32 Å². The molecule has 1 aliphatic rings. The Balaban J connectivity index is 2.20. The number of nitrogens with zero attached hydrogens (tertiary/aromatic N) is 1. The first kappa shape index (κ1) is 14.8. The zero-order valence-electron chi connectivity index (χ0n) is 12.1. The van der Waals surface area contributed by atoms with Gasteiger partial charge >= 0.3 is 0 Å². The van der Waals surface area contributed by atoms with Gasteiger partial charge in [0.25, 0.3) is 0 Å². The summed E-state index contributed by atoms with van der Waals surface area (Å²) in [6.07, 6.45) is 0. The third kappa shape index (κ3) is 3.47. The van der Waals surface area contributed by atoms with E-state index in [1.54, 1.807) is 6.07 Å². The van der Waals surface area contributed by atoms with Crippen molar-refractivity contribution in [2.24, 2.45) is 0 Å². The zero-order chi connectivity index (χ0) is 14.3. The minimum atomic E-state index is -0.284. The van der Waals surface area contributed by atoms with E-state index in [1.807, 2.05) is 0 Å². The molecule has 1 heterocycles. The second-order valence-electron chi connectivity index (χ2n) is 6.64. The second kappa shape index (κ2) is 5.04. The van der Waals surface area contributed by atoms with E-state index in [4.69, 9.17) is 11.6 Å². The molecule has 1 aliphatic heterocycles. The van der Waals surface area contributed by atoms with Gasteiger partial charge in [0, 0.05) is 35.7 Å². The smallest absolute Gasteiger partial charge is 0.124 e. The van der Waals surface area contributed by atoms with Crippen molar-refractivity contribution in [3.63, 3.8) is 0 Å². The van der Waals surface area contributed by atoms with Crippen LogP contribution >= 0.6 is 11.6 Å². The van der Waals surface area contributed by atoms with Crippen LogP contribution in [0.15, 0.2) is 18.2 Å². The highest BCUT2D eigenvalue weighted by molar-refractivity contribution is 6.31. The number of rotatable bonds is 2. The molecule has 19 heavy (non-hydrogen) atoms. The van der Waals surface area contributed by atoms with E-state index in [0.29, 0.717) is 5.02 Å². The Labute approximate surface area is 119 Å². The monoisotopic (exact) mass is 284 g/mol. The van der Waals surface area contributed by atoms with Crippen molar-refractivity contribution in [1.82, 2.24) is 10.2 Å². The Morgan fingerprint density at radius 2 is 2.00 bits per heavy atom. The lowest BCUT2D eigenvalue weighted by molar-refractivity contribution is 0.0324. The van der Waals surface area contributed by atoms with Crippen LogP contribution in [0.2, 0.25) is 5.02 Å². The maximum absolute atomic E-state index is 13.1. The molecule has 0 aliphatic carbocycles. The molecule has 0 amide bonds. The van der Waals surface area contributed by atoms with Crippen molar-refractivity contribution in [2.45, 2.75) is 45.3 Å². The standard InChI is InChI=1S/C15H22ClFN2/c1-14(2)10-19(15(3,4)9-18-14)8-11-5-6-12(17)7-13(11)16/h5-7,18H,8-10H2,1-4H3. The third-order valence-electron chi connectivity index (χ3n) is 3.82. The summed E-state index contributed by atoms with van der Waals surface area (Å²) in [6, 6.07) is 4.64. The topological polar surface area (TPSA) is 15.3 Å². The lowest BCUT2D eigenvalue weighted by atomic mass is 9.91. The average Bonchev–Trinajstić information content (AvgIpc) is 2.28. The van der Waals surface area contributed by atoms with Gasteiger partial charge in [-0.15, -0.1) is 0 Å². The first-order chi connectivity index (χ1) is 8.70. The van der Waals surface area contributed by atoms with Gasteiger partial charge in [-0.05, 0) is 45.4 Å². The van der Waals surface area contributed by atoms with E-state index in [9.17, 15) is 4.39 Å². The fourth-order valence-corrected chi connectivity index (χ4v) is 2.67. The second-order valence-corrected chi connectivity index (χ2v) is 7.05. The van der Waals surface area contributed by atoms with Gasteiger partial charge in [-0.25, -0.2) is 4.39 Å². The molecule has 0 bridgehead atoms. The van der Waals surface area contributed by atoms with Crippen LogP contribution in [0.3, 0.4) is 0 Å². The molecule has 0 unspecified atom stereocenters. The molecule has 1 fully saturated rings. The van der Waals surface area contributed by atoms with E-state index in [1.165, 1.54) is 12.1 Å². The Morgan fingerprint density at radius 1 is 1.32 bits per heavy atom. The molecular weight excluding hydrogens is 263 g/mol. The van der Waals surface area contributed by atoms with Crippen LogP contribution in [0.25, 0.3) is 0 Å². The maximum atomic E-state index is 13.1. The summed E-state index contributed by atoms with van der Waals surface area (Å²) in [5.41, 5.74) is 1.13. The van der Waals surface area contributed by atoms with Crippen LogP contribution in [0.4, 0.5) is 4.39 Å². The number of hydrogen-bond acceptors (Lipinski definition) is 2. The first-order valence-electron chi connectivity index (χ1n) is 6.64. The van der Waals surface area contributed by atoms with Gasteiger partial charge in [-0.2, -0.15) is 0 Å². The first-order valence-corrected chi connectivity index (χ1v) is 7.01. The summed E-state index contributed by atoms with van der Waals surface area (Å²) < 4.78 is 13.1. The molecule has 0 spiro atoms. The molecule has 2 rings (SSSR count). The van der Waals surface area contributed by atoms with Crippen LogP contribution in [0, 0.1) is 5.82 Å². The number of nitrogens with one attached hydrogen (secondary N) is 1. The van der Waals surface area contributed by atoms with Gasteiger partial charge in [0.1, 0.15) is 5.82 Å². The Bertz CT molecular complexity index is 471. The highest BCUT2D eigenvalue weighted by atomic mass is 35.5. The molecule has 0 radical (unpaired) electrons. The van der Waals surface area contributed by atoms with Crippen molar-refractivity contribution in [3.05, 3.63) is 34.6 Å². The number of piperazine rings is 1. The van der Waals surface area contributed by atoms with Crippen LogP contribution in [0.5, 0.6) is 0 Å². The van der Waals surface area contributed by atoms with Gasteiger partial charge in [-0.1, -0.05) is 17.7 Å². The van der Waals surface area contributed by atoms with Crippen LogP contribution in [-0.4, -0.2) is 29.1 Å². The normalized spacial score (nSPS) is 22.4. The molecule has 1 saturated heterocycles. The van der Waals surface area contributed by atoms with Crippen LogP contribution in [-0.2, 0) is 6.54 Å². The Kier molecular flexibility index (Phi) is 3.92. The van der Waals surface area contributed by atoms with Crippen molar-refractivity contribution in [2.75, 3.05) is 13.1 Å². The van der Waals surface area contributed by atoms with Crippen molar-refractivity contribution >= 4 is 11.6 Å². The largest absolute Gasteiger partial charge is 0.309 e. The summed E-state index contributed by atoms with van der Waals surface area (Å²) in [7, 11) is 0. The molecule has 106 valence electrons. The number of hydrogen-bond donors (Lipinski definition) is 1. The van der Waals surface area contributed by atoms with Crippen LogP contribution in [0.1, 0.15) is 33.3 Å². The van der Waals surface area contributed by atoms with Gasteiger partial charge in [0.2, 0.25) is 0 Å². The minimum Gasteiger partial charge on any atom is -0.309 e. The van der Waals surface area contributed by atoms with E-state index in [-0.39, 0.29) is 16.9 Å². The molecule has 4 heteroatoms. The number of benzene rings is 1. The number of halogens is 2. The fourth-order valence-electron chi connectivity index (χ4n) is 2.44. The van der Waals surface area contributed by atoms with Crippen molar-refractivity contribution < 1.29 is 4.39 Å². The molecule has 0 aromatic heterocycles. The van der Waals surface area contributed by atoms with Crippen molar-refractivity contribution in [3.8, 4) is 0 Å². The molecule has 1 aromatic rings. The van der Waals surface area contributed by atoms with Gasteiger partial charge in [0.15, 0.2) is 0 Å². The predicted octanol–water partition coefficient (Wildman–Crippen LogP) is 3.44. The molecule has 0 saturated carbocycles. The predicted molar refractivity (Wildman–Crippen MR) is 78.0 cm³/mol. The lowest BCUT2D eigenvalue weighted by Gasteiger charge is -2.49. The summed E-state index contributed by atoms with van der Waals surface area (Å²) in [4.78, 5) is 2.41.